The Morgan fingerprint density at radius 2 is 1.83 bits per heavy atom. The molecule has 1 aromatic rings. The number of hydrogen-bond acceptors (Lipinski definition) is 4. The molecule has 3 unspecified atom stereocenters. The Kier molecular flexibility index (Phi) is 5.02. The van der Waals surface area contributed by atoms with Crippen LogP contribution in [0.15, 0.2) is 30.3 Å². The Morgan fingerprint density at radius 1 is 1.22 bits per heavy atom. The van der Waals surface area contributed by atoms with Crippen molar-refractivity contribution in [2.75, 3.05) is 6.61 Å². The fraction of sp³-hybridized carbons (Fsp3) is 0.632. The van der Waals surface area contributed by atoms with Gasteiger partial charge in [0.2, 0.25) is 0 Å². The van der Waals surface area contributed by atoms with Crippen LogP contribution in [0.5, 0.6) is 0 Å². The van der Waals surface area contributed by atoms with Crippen molar-refractivity contribution in [2.45, 2.75) is 69.7 Å². The van der Waals surface area contributed by atoms with E-state index in [0.717, 1.165) is 18.4 Å². The molecule has 2 aliphatic heterocycles. The van der Waals surface area contributed by atoms with E-state index in [0.29, 0.717) is 18.1 Å². The average Bonchev–Trinajstić information content (AvgIpc) is 2.81. The van der Waals surface area contributed by atoms with Gasteiger partial charge in [-0.15, -0.1) is 0 Å². The molecule has 0 aliphatic carbocycles. The van der Waals surface area contributed by atoms with Crippen LogP contribution >= 0.6 is 0 Å². The van der Waals surface area contributed by atoms with E-state index >= 15 is 0 Å². The van der Waals surface area contributed by atoms with Gasteiger partial charge in [0.15, 0.2) is 0 Å². The number of hydrogen-bond donors (Lipinski definition) is 1. The molecule has 2 bridgehead atoms. The number of ether oxygens (including phenoxy) is 1. The van der Waals surface area contributed by atoms with Crippen molar-refractivity contribution in [3.8, 4) is 0 Å². The van der Waals surface area contributed by atoms with Crippen LogP contribution in [-0.2, 0) is 9.53 Å². The van der Waals surface area contributed by atoms with Crippen molar-refractivity contribution < 1.29 is 14.6 Å². The summed E-state index contributed by atoms with van der Waals surface area (Å²) in [6, 6.07) is 11.0. The van der Waals surface area contributed by atoms with E-state index in [4.69, 9.17) is 4.74 Å². The lowest BCUT2D eigenvalue weighted by Crippen LogP contribution is -2.49. The maximum Gasteiger partial charge on any atom is 0.316 e. The second-order valence-corrected chi connectivity index (χ2v) is 7.10. The number of carbonyl (C=O) groups is 1. The van der Waals surface area contributed by atoms with Gasteiger partial charge in [0.1, 0.15) is 12.0 Å². The first-order chi connectivity index (χ1) is 11.1. The van der Waals surface area contributed by atoms with Crippen molar-refractivity contribution in [1.82, 2.24) is 4.90 Å². The smallest absolute Gasteiger partial charge is 0.316 e. The van der Waals surface area contributed by atoms with Gasteiger partial charge in [-0.3, -0.25) is 9.69 Å². The third kappa shape index (κ3) is 3.43. The molecule has 3 rings (SSSR count). The summed E-state index contributed by atoms with van der Waals surface area (Å²) in [5, 5.41) is 9.60. The average molecular weight is 317 g/mol. The predicted octanol–water partition coefficient (Wildman–Crippen LogP) is 2.71. The topological polar surface area (TPSA) is 49.8 Å². The number of aliphatic hydroxyl groups is 1. The molecule has 0 spiro atoms. The zero-order valence-corrected chi connectivity index (χ0v) is 14.0. The fourth-order valence-corrected chi connectivity index (χ4v) is 4.35. The Hall–Kier alpha value is -1.39. The molecule has 23 heavy (non-hydrogen) atoms. The molecule has 0 saturated carbocycles. The number of fused-ring (bicyclic) bond motifs is 2. The molecular formula is C19H27NO3. The largest absolute Gasteiger partial charge is 0.462 e. The first-order valence-corrected chi connectivity index (χ1v) is 8.74. The van der Waals surface area contributed by atoms with Crippen molar-refractivity contribution >= 4 is 5.97 Å². The summed E-state index contributed by atoms with van der Waals surface area (Å²) in [5.41, 5.74) is 0.822. The summed E-state index contributed by atoms with van der Waals surface area (Å²) < 4.78 is 5.78. The number of nitrogens with zero attached hydrogens (tertiary/aromatic N) is 1. The number of carbonyl (C=O) groups excluding carboxylic acids is 1. The summed E-state index contributed by atoms with van der Waals surface area (Å²) in [6.45, 7) is 4.28. The van der Waals surface area contributed by atoms with Crippen molar-refractivity contribution in [3.05, 3.63) is 35.9 Å². The molecule has 126 valence electrons. The summed E-state index contributed by atoms with van der Waals surface area (Å²) in [4.78, 5) is 15.1. The van der Waals surface area contributed by atoms with E-state index in [1.165, 1.54) is 12.8 Å². The quantitative estimate of drug-likeness (QED) is 0.848. The molecule has 2 aliphatic rings. The minimum Gasteiger partial charge on any atom is -0.462 e. The standard InChI is InChI=1S/C19H27NO3/c1-13(2)20-15-8-9-16(20)11-17(10-15)23-19(22)18(12-21)14-6-4-3-5-7-14/h3-7,13,15-18,21H,8-12H2,1-2H3/t15-,16?,17?,18?/m1/s1. The Morgan fingerprint density at radius 3 is 2.35 bits per heavy atom. The van der Waals surface area contributed by atoms with Gasteiger partial charge in [-0.05, 0) is 32.3 Å². The first-order valence-electron chi connectivity index (χ1n) is 8.74. The third-order valence-electron chi connectivity index (χ3n) is 5.29. The van der Waals surface area contributed by atoms with Crippen LogP contribution in [-0.4, -0.2) is 46.8 Å². The van der Waals surface area contributed by atoms with Crippen LogP contribution in [0.25, 0.3) is 0 Å². The lowest BCUT2D eigenvalue weighted by Gasteiger charge is -2.41. The molecule has 0 radical (unpaired) electrons. The van der Waals surface area contributed by atoms with Crippen LogP contribution in [0.1, 0.15) is 51.0 Å². The summed E-state index contributed by atoms with van der Waals surface area (Å²) >= 11 is 0. The minimum absolute atomic E-state index is 0.00670. The van der Waals surface area contributed by atoms with E-state index in [1.807, 2.05) is 30.3 Å². The molecule has 4 atom stereocenters. The van der Waals surface area contributed by atoms with Crippen molar-refractivity contribution in [2.24, 2.45) is 0 Å². The highest BCUT2D eigenvalue weighted by molar-refractivity contribution is 5.78. The normalized spacial score (nSPS) is 28.8. The Balaban J connectivity index is 1.63. The Bertz CT molecular complexity index is 517. The van der Waals surface area contributed by atoms with Crippen LogP contribution in [0, 0.1) is 0 Å². The number of piperidine rings is 1. The molecule has 1 aromatic carbocycles. The van der Waals surface area contributed by atoms with Gasteiger partial charge in [0.05, 0.1) is 6.61 Å². The van der Waals surface area contributed by atoms with Crippen molar-refractivity contribution in [3.63, 3.8) is 0 Å². The molecule has 0 aromatic heterocycles. The molecule has 4 heteroatoms. The highest BCUT2D eigenvalue weighted by atomic mass is 16.5. The van der Waals surface area contributed by atoms with E-state index in [9.17, 15) is 9.90 Å². The SMILES string of the molecule is CC(C)N1C2CC[C@@H]1CC(OC(=O)C(CO)c1ccccc1)C2. The van der Waals surface area contributed by atoms with Gasteiger partial charge in [-0.25, -0.2) is 0 Å². The highest BCUT2D eigenvalue weighted by Crippen LogP contribution is 2.38. The molecule has 0 amide bonds. The fourth-order valence-electron chi connectivity index (χ4n) is 4.35. The molecule has 2 saturated heterocycles. The minimum atomic E-state index is -0.572. The van der Waals surface area contributed by atoms with Gasteiger partial charge in [-0.2, -0.15) is 0 Å². The maximum absolute atomic E-state index is 12.5. The second kappa shape index (κ2) is 7.02. The number of rotatable bonds is 5. The summed E-state index contributed by atoms with van der Waals surface area (Å²) in [7, 11) is 0. The second-order valence-electron chi connectivity index (χ2n) is 7.10. The van der Waals surface area contributed by atoms with Crippen LogP contribution in [0.2, 0.25) is 0 Å². The van der Waals surface area contributed by atoms with E-state index in [2.05, 4.69) is 18.7 Å². The predicted molar refractivity (Wildman–Crippen MR) is 89.2 cm³/mol. The lowest BCUT2D eigenvalue weighted by atomic mass is 9.97. The van der Waals surface area contributed by atoms with Gasteiger partial charge in [0, 0.05) is 31.0 Å². The molecule has 1 N–H and O–H groups in total. The van der Waals surface area contributed by atoms with E-state index in [-0.39, 0.29) is 18.7 Å². The van der Waals surface area contributed by atoms with Gasteiger partial charge in [-0.1, -0.05) is 30.3 Å². The monoisotopic (exact) mass is 317 g/mol. The van der Waals surface area contributed by atoms with Gasteiger partial charge < -0.3 is 9.84 Å². The van der Waals surface area contributed by atoms with E-state index in [1.54, 1.807) is 0 Å². The van der Waals surface area contributed by atoms with Crippen molar-refractivity contribution in [1.29, 1.82) is 0 Å². The van der Waals surface area contributed by atoms with Gasteiger partial charge >= 0.3 is 5.97 Å². The third-order valence-corrected chi connectivity index (χ3v) is 5.29. The van der Waals surface area contributed by atoms with E-state index < -0.39 is 5.92 Å². The summed E-state index contributed by atoms with van der Waals surface area (Å²) in [6.07, 6.45) is 4.26. The molecule has 2 heterocycles. The molecule has 4 nitrogen and oxygen atoms in total. The highest BCUT2D eigenvalue weighted by Gasteiger charge is 2.43. The number of aliphatic hydroxyl groups excluding tert-OH is 1. The number of esters is 1. The Labute approximate surface area is 138 Å². The molecule has 2 fully saturated rings. The van der Waals surface area contributed by atoms with Crippen LogP contribution < -0.4 is 0 Å². The summed E-state index contributed by atoms with van der Waals surface area (Å²) in [5.74, 6) is -0.863. The zero-order valence-electron chi connectivity index (χ0n) is 14.0. The lowest BCUT2D eigenvalue weighted by molar-refractivity contribution is -0.155. The first kappa shape index (κ1) is 16.5. The van der Waals surface area contributed by atoms with Gasteiger partial charge in [0.25, 0.3) is 0 Å². The number of benzene rings is 1. The molecular weight excluding hydrogens is 290 g/mol. The van der Waals surface area contributed by atoms with Crippen LogP contribution in [0.4, 0.5) is 0 Å². The van der Waals surface area contributed by atoms with Crippen LogP contribution in [0.3, 0.4) is 0 Å². The zero-order chi connectivity index (χ0) is 16.4. The maximum atomic E-state index is 12.5.